The predicted molar refractivity (Wildman–Crippen MR) is 85.2 cm³/mol. The molecule has 0 aliphatic rings. The van der Waals surface area contributed by atoms with Crippen LogP contribution in [0.15, 0.2) is 22.7 Å². The maximum absolute atomic E-state index is 4.57. The van der Waals surface area contributed by atoms with Gasteiger partial charge in [0.1, 0.15) is 5.82 Å². The number of benzene rings is 1. The predicted octanol–water partition coefficient (Wildman–Crippen LogP) is 3.26. The van der Waals surface area contributed by atoms with Gasteiger partial charge in [-0.05, 0) is 24.2 Å². The molecule has 4 nitrogen and oxygen atoms in total. The minimum atomic E-state index is 0.861. The summed E-state index contributed by atoms with van der Waals surface area (Å²) in [5.41, 5.74) is 2.31. The Morgan fingerprint density at radius 2 is 2.00 bits per heavy atom. The molecule has 1 aromatic carbocycles. The molecule has 20 heavy (non-hydrogen) atoms. The van der Waals surface area contributed by atoms with Crippen molar-refractivity contribution in [1.29, 1.82) is 0 Å². The third-order valence-electron chi connectivity index (χ3n) is 3.20. The molecular weight excluding hydrogens is 316 g/mol. The van der Waals surface area contributed by atoms with Gasteiger partial charge in [-0.15, -0.1) is 0 Å². The lowest BCUT2D eigenvalue weighted by atomic mass is 10.2. The summed E-state index contributed by atoms with van der Waals surface area (Å²) in [5, 5.41) is 7.91. The first-order valence-electron chi connectivity index (χ1n) is 7.13. The van der Waals surface area contributed by atoms with Gasteiger partial charge in [-0.3, -0.25) is 0 Å². The van der Waals surface area contributed by atoms with Crippen molar-refractivity contribution in [2.24, 2.45) is 0 Å². The molecule has 0 unspecified atom stereocenters. The second kappa shape index (κ2) is 6.99. The van der Waals surface area contributed by atoms with Crippen molar-refractivity contribution in [2.75, 3.05) is 6.54 Å². The molecule has 2 aromatic rings. The zero-order chi connectivity index (χ0) is 14.5. The number of halogens is 1. The third-order valence-corrected chi connectivity index (χ3v) is 3.94. The van der Waals surface area contributed by atoms with Crippen LogP contribution in [-0.4, -0.2) is 21.3 Å². The van der Waals surface area contributed by atoms with Crippen LogP contribution in [0.5, 0.6) is 0 Å². The zero-order valence-electron chi connectivity index (χ0n) is 12.3. The lowest BCUT2D eigenvalue weighted by molar-refractivity contribution is 0.723. The Hall–Kier alpha value is -1.20. The lowest BCUT2D eigenvalue weighted by Gasteiger charge is -2.09. The Kier molecular flexibility index (Phi) is 5.31. The van der Waals surface area contributed by atoms with Gasteiger partial charge in [0.05, 0.1) is 5.69 Å². The highest BCUT2D eigenvalue weighted by molar-refractivity contribution is 9.10. The molecule has 0 saturated heterocycles. The molecule has 0 bridgehead atoms. The molecule has 0 fully saturated rings. The molecule has 0 atom stereocenters. The fraction of sp³-hybridized carbons (Fsp3) is 0.467. The van der Waals surface area contributed by atoms with Crippen LogP contribution in [-0.2, 0) is 19.4 Å². The van der Waals surface area contributed by atoms with E-state index in [2.05, 4.69) is 70.3 Å². The molecule has 5 heteroatoms. The summed E-state index contributed by atoms with van der Waals surface area (Å²) in [6, 6.07) is 6.35. The van der Waals surface area contributed by atoms with Crippen molar-refractivity contribution in [2.45, 2.75) is 40.2 Å². The van der Waals surface area contributed by atoms with Crippen LogP contribution in [0.2, 0.25) is 0 Å². The third kappa shape index (κ3) is 3.27. The Morgan fingerprint density at radius 3 is 2.60 bits per heavy atom. The van der Waals surface area contributed by atoms with Gasteiger partial charge < -0.3 is 5.32 Å². The van der Waals surface area contributed by atoms with Gasteiger partial charge in [-0.25, -0.2) is 9.67 Å². The molecule has 0 radical (unpaired) electrons. The van der Waals surface area contributed by atoms with Crippen LogP contribution in [0.25, 0.3) is 5.69 Å². The molecule has 0 aliphatic carbocycles. The average Bonchev–Trinajstić information content (AvgIpc) is 2.89. The van der Waals surface area contributed by atoms with Gasteiger partial charge in [-0.1, -0.05) is 42.8 Å². The van der Waals surface area contributed by atoms with E-state index in [1.54, 1.807) is 0 Å². The highest BCUT2D eigenvalue weighted by Crippen LogP contribution is 2.21. The quantitative estimate of drug-likeness (QED) is 0.880. The van der Waals surface area contributed by atoms with Gasteiger partial charge in [-0.2, -0.15) is 5.10 Å². The Labute approximate surface area is 128 Å². The summed E-state index contributed by atoms with van der Waals surface area (Å²) in [7, 11) is 0. The number of aryl methyl sites for hydroxylation is 2. The number of hydrogen-bond donors (Lipinski definition) is 1. The lowest BCUT2D eigenvalue weighted by Crippen LogP contribution is -2.12. The largest absolute Gasteiger partial charge is 0.313 e. The maximum atomic E-state index is 4.57. The Morgan fingerprint density at radius 1 is 1.20 bits per heavy atom. The molecule has 1 N–H and O–H groups in total. The normalized spacial score (nSPS) is 11.0. The van der Waals surface area contributed by atoms with Gasteiger partial charge >= 0.3 is 0 Å². The summed E-state index contributed by atoms with van der Waals surface area (Å²) in [6.45, 7) is 8.13. The number of hydrogen-bond acceptors (Lipinski definition) is 3. The van der Waals surface area contributed by atoms with Gasteiger partial charge in [0, 0.05) is 23.9 Å². The molecule has 1 aromatic heterocycles. The first kappa shape index (κ1) is 15.2. The van der Waals surface area contributed by atoms with E-state index in [-0.39, 0.29) is 0 Å². The molecule has 0 amide bonds. The number of nitrogens with zero attached hydrogens (tertiary/aromatic N) is 3. The first-order chi connectivity index (χ1) is 9.69. The number of nitrogens with one attached hydrogen (secondary N) is 1. The van der Waals surface area contributed by atoms with E-state index in [9.17, 15) is 0 Å². The molecule has 2 rings (SSSR count). The minimum Gasteiger partial charge on any atom is -0.313 e. The van der Waals surface area contributed by atoms with Gasteiger partial charge in [0.15, 0.2) is 5.82 Å². The van der Waals surface area contributed by atoms with E-state index >= 15 is 0 Å². The van der Waals surface area contributed by atoms with Crippen molar-refractivity contribution >= 4 is 15.9 Å². The number of aromatic nitrogens is 3. The van der Waals surface area contributed by atoms with Crippen LogP contribution in [0.1, 0.15) is 38.0 Å². The molecule has 0 spiro atoms. The van der Waals surface area contributed by atoms with Crippen molar-refractivity contribution < 1.29 is 0 Å². The first-order valence-corrected chi connectivity index (χ1v) is 7.93. The van der Waals surface area contributed by atoms with Crippen molar-refractivity contribution in [3.63, 3.8) is 0 Å². The van der Waals surface area contributed by atoms with Crippen LogP contribution in [0.4, 0.5) is 0 Å². The molecule has 0 saturated carbocycles. The van der Waals surface area contributed by atoms with E-state index in [4.69, 9.17) is 0 Å². The minimum absolute atomic E-state index is 0.861. The molecule has 1 heterocycles. The van der Waals surface area contributed by atoms with Crippen LogP contribution >= 0.6 is 15.9 Å². The Bertz CT molecular complexity index is 577. The van der Waals surface area contributed by atoms with E-state index in [1.807, 2.05) is 4.68 Å². The van der Waals surface area contributed by atoms with Gasteiger partial charge in [0.2, 0.25) is 0 Å². The SMILES string of the molecule is CCNCc1ccc(-n2nc(CC)nc2CC)cc1Br. The Balaban J connectivity index is 2.33. The highest BCUT2D eigenvalue weighted by atomic mass is 79.9. The summed E-state index contributed by atoms with van der Waals surface area (Å²) in [6.07, 6.45) is 1.74. The van der Waals surface area contributed by atoms with Crippen LogP contribution < -0.4 is 5.32 Å². The molecule has 0 aliphatic heterocycles. The smallest absolute Gasteiger partial charge is 0.151 e. The van der Waals surface area contributed by atoms with Gasteiger partial charge in [0.25, 0.3) is 0 Å². The summed E-state index contributed by atoms with van der Waals surface area (Å²) < 4.78 is 3.05. The fourth-order valence-electron chi connectivity index (χ4n) is 2.05. The second-order valence-corrected chi connectivity index (χ2v) is 5.47. The summed E-state index contributed by atoms with van der Waals surface area (Å²) in [4.78, 5) is 4.55. The topological polar surface area (TPSA) is 42.7 Å². The number of rotatable bonds is 6. The van der Waals surface area contributed by atoms with E-state index in [1.165, 1.54) is 5.56 Å². The van der Waals surface area contributed by atoms with Crippen LogP contribution in [0, 0.1) is 0 Å². The fourth-order valence-corrected chi connectivity index (χ4v) is 2.56. The maximum Gasteiger partial charge on any atom is 0.151 e. The second-order valence-electron chi connectivity index (χ2n) is 4.62. The van der Waals surface area contributed by atoms with Crippen LogP contribution in [0.3, 0.4) is 0 Å². The van der Waals surface area contributed by atoms with Crippen molar-refractivity contribution in [3.05, 3.63) is 39.9 Å². The monoisotopic (exact) mass is 336 g/mol. The highest BCUT2D eigenvalue weighted by Gasteiger charge is 2.10. The van der Waals surface area contributed by atoms with Crippen molar-refractivity contribution in [3.8, 4) is 5.69 Å². The van der Waals surface area contributed by atoms with E-state index in [0.717, 1.165) is 47.7 Å². The zero-order valence-corrected chi connectivity index (χ0v) is 13.9. The average molecular weight is 337 g/mol. The molecule has 108 valence electrons. The van der Waals surface area contributed by atoms with Crippen molar-refractivity contribution in [1.82, 2.24) is 20.1 Å². The summed E-state index contributed by atoms with van der Waals surface area (Å²) >= 11 is 3.64. The molecular formula is C15H21BrN4. The standard InChI is InChI=1S/C15H21BrN4/c1-4-14-18-15(5-2)20(19-14)12-8-7-11(10-17-6-3)13(16)9-12/h7-9,17H,4-6,10H2,1-3H3. The van der Waals surface area contributed by atoms with E-state index < -0.39 is 0 Å². The van der Waals surface area contributed by atoms with E-state index in [0.29, 0.717) is 0 Å². The summed E-state index contributed by atoms with van der Waals surface area (Å²) in [5.74, 6) is 1.91.